The van der Waals surface area contributed by atoms with Crippen LogP contribution >= 0.6 is 0 Å². The predicted molar refractivity (Wildman–Crippen MR) is 116 cm³/mol. The average Bonchev–Trinajstić information content (AvgIpc) is 2.44. The van der Waals surface area contributed by atoms with E-state index >= 15 is 0 Å². The van der Waals surface area contributed by atoms with E-state index in [1.54, 1.807) is 0 Å². The van der Waals surface area contributed by atoms with Gasteiger partial charge in [0, 0.05) is 18.3 Å². The van der Waals surface area contributed by atoms with Crippen LogP contribution in [-0.4, -0.2) is 33.7 Å². The van der Waals surface area contributed by atoms with Crippen LogP contribution in [0.25, 0.3) is 0 Å². The molecule has 0 saturated heterocycles. The smallest absolute Gasteiger partial charge is 0.414 e. The fourth-order valence-corrected chi connectivity index (χ4v) is 3.99. The Balaban J connectivity index is 2.76. The van der Waals surface area contributed by atoms with E-state index in [0.29, 0.717) is 0 Å². The second-order valence-corrected chi connectivity index (χ2v) is 14.1. The van der Waals surface area contributed by atoms with Crippen LogP contribution in [0.5, 0.6) is 0 Å². The lowest BCUT2D eigenvalue weighted by atomic mass is 9.77. The Kier molecular flexibility index (Phi) is 8.59. The highest BCUT2D eigenvalue weighted by atomic mass is 28.4. The van der Waals surface area contributed by atoms with Crippen molar-refractivity contribution in [1.29, 1.82) is 0 Å². The molecule has 0 heterocycles. The summed E-state index contributed by atoms with van der Waals surface area (Å²) in [4.78, 5) is 0. The summed E-state index contributed by atoms with van der Waals surface area (Å²) in [5.41, 5.74) is 2.35. The largest absolute Gasteiger partial charge is 0.494 e. The topological polar surface area (TPSA) is 27.7 Å². The third-order valence-corrected chi connectivity index (χ3v) is 9.47. The third kappa shape index (κ3) is 7.55. The number of rotatable bonds is 9. The van der Waals surface area contributed by atoms with Crippen molar-refractivity contribution in [3.8, 4) is 0 Å². The monoisotopic (exact) mass is 378 g/mol. The van der Waals surface area contributed by atoms with Crippen LogP contribution in [0.1, 0.15) is 61.0 Å². The van der Waals surface area contributed by atoms with Crippen molar-refractivity contribution in [3.05, 3.63) is 29.8 Å². The van der Waals surface area contributed by atoms with E-state index in [2.05, 4.69) is 65.1 Å². The maximum atomic E-state index is 6.48. The molecule has 1 atom stereocenters. The maximum Gasteiger partial charge on any atom is 0.494 e. The Hall–Kier alpha value is -0.618. The molecule has 0 aromatic heterocycles. The minimum Gasteiger partial charge on any atom is -0.414 e. The van der Waals surface area contributed by atoms with E-state index in [4.69, 9.17) is 13.7 Å². The van der Waals surface area contributed by atoms with Crippen molar-refractivity contribution in [2.75, 3.05) is 0 Å². The maximum absolute atomic E-state index is 6.48. The Morgan fingerprint density at radius 2 is 1.35 bits per heavy atom. The van der Waals surface area contributed by atoms with Gasteiger partial charge in [-0.25, -0.2) is 0 Å². The highest BCUT2D eigenvalue weighted by Gasteiger charge is 2.38. The van der Waals surface area contributed by atoms with Crippen LogP contribution in [0.3, 0.4) is 0 Å². The average molecular weight is 378 g/mol. The molecule has 0 spiro atoms. The molecular formula is C21H39BO3Si. The molecule has 0 N–H and O–H groups in total. The van der Waals surface area contributed by atoms with Gasteiger partial charge in [-0.1, -0.05) is 45.0 Å². The van der Waals surface area contributed by atoms with Crippen LogP contribution in [0.4, 0.5) is 0 Å². The molecule has 1 unspecified atom stereocenters. The summed E-state index contributed by atoms with van der Waals surface area (Å²) < 4.78 is 18.3. The second-order valence-electron chi connectivity index (χ2n) is 9.34. The summed E-state index contributed by atoms with van der Waals surface area (Å²) in [5.74, 6) is 0. The van der Waals surface area contributed by atoms with Crippen molar-refractivity contribution >= 4 is 20.9 Å². The molecule has 26 heavy (non-hydrogen) atoms. The molecule has 0 aliphatic carbocycles. The van der Waals surface area contributed by atoms with Gasteiger partial charge in [-0.3, -0.25) is 0 Å². The van der Waals surface area contributed by atoms with Crippen LogP contribution in [0, 0.1) is 0 Å². The van der Waals surface area contributed by atoms with Gasteiger partial charge in [0.1, 0.15) is 0 Å². The zero-order valence-corrected chi connectivity index (χ0v) is 19.6. The molecule has 0 aliphatic heterocycles. The van der Waals surface area contributed by atoms with E-state index in [-0.39, 0.29) is 30.5 Å². The molecule has 148 valence electrons. The standard InChI is InChI=1S/C21H39BO3Si/c1-16(2)23-22(24-17(3)4)20-13-11-19(12-14-20)15-18(5)25-26(9,10)21(6,7)8/h11-14,16-18H,15H2,1-10H3. The Morgan fingerprint density at radius 3 is 1.73 bits per heavy atom. The Morgan fingerprint density at radius 1 is 0.885 bits per heavy atom. The van der Waals surface area contributed by atoms with Gasteiger partial charge in [0.15, 0.2) is 8.32 Å². The summed E-state index contributed by atoms with van der Waals surface area (Å²) in [6, 6.07) is 8.57. The quantitative estimate of drug-likeness (QED) is 0.554. The zero-order chi connectivity index (χ0) is 20.1. The van der Waals surface area contributed by atoms with E-state index in [1.165, 1.54) is 5.56 Å². The van der Waals surface area contributed by atoms with Gasteiger partial charge < -0.3 is 13.7 Å². The van der Waals surface area contributed by atoms with Gasteiger partial charge in [0.2, 0.25) is 0 Å². The molecule has 1 rings (SSSR count). The van der Waals surface area contributed by atoms with E-state index in [0.717, 1.165) is 11.9 Å². The second kappa shape index (κ2) is 9.54. The molecule has 0 bridgehead atoms. The summed E-state index contributed by atoms with van der Waals surface area (Å²) in [7, 11) is -2.04. The van der Waals surface area contributed by atoms with E-state index in [9.17, 15) is 0 Å². The van der Waals surface area contributed by atoms with Gasteiger partial charge in [0.05, 0.1) is 0 Å². The normalized spacial score (nSPS) is 14.2. The third-order valence-electron chi connectivity index (χ3n) is 4.87. The van der Waals surface area contributed by atoms with E-state index in [1.807, 2.05) is 27.7 Å². The lowest BCUT2D eigenvalue weighted by Crippen LogP contribution is -2.43. The van der Waals surface area contributed by atoms with Gasteiger partial charge in [-0.15, -0.1) is 0 Å². The van der Waals surface area contributed by atoms with Gasteiger partial charge in [-0.05, 0) is 70.2 Å². The summed E-state index contributed by atoms with van der Waals surface area (Å²) in [5, 5.41) is 0.237. The molecular weight excluding hydrogens is 339 g/mol. The first kappa shape index (κ1) is 23.4. The van der Waals surface area contributed by atoms with Crippen molar-refractivity contribution in [3.63, 3.8) is 0 Å². The molecule has 1 aromatic carbocycles. The first-order chi connectivity index (χ1) is 11.8. The number of hydrogen-bond acceptors (Lipinski definition) is 3. The molecule has 3 nitrogen and oxygen atoms in total. The zero-order valence-electron chi connectivity index (χ0n) is 18.6. The van der Waals surface area contributed by atoms with Crippen LogP contribution in [-0.2, 0) is 20.2 Å². The van der Waals surface area contributed by atoms with Gasteiger partial charge in [-0.2, -0.15) is 0 Å². The number of hydrogen-bond donors (Lipinski definition) is 0. The predicted octanol–water partition coefficient (Wildman–Crippen LogP) is 5.18. The molecule has 1 aromatic rings. The summed E-state index contributed by atoms with van der Waals surface area (Å²) >= 11 is 0. The number of benzene rings is 1. The minimum absolute atomic E-state index is 0.122. The van der Waals surface area contributed by atoms with Gasteiger partial charge >= 0.3 is 7.12 Å². The van der Waals surface area contributed by atoms with Gasteiger partial charge in [0.25, 0.3) is 0 Å². The molecule has 5 heteroatoms. The molecule has 0 fully saturated rings. The van der Waals surface area contributed by atoms with Crippen LogP contribution in [0.2, 0.25) is 18.1 Å². The fourth-order valence-electron chi connectivity index (χ4n) is 2.55. The lowest BCUT2D eigenvalue weighted by Gasteiger charge is -2.38. The van der Waals surface area contributed by atoms with Crippen LogP contribution < -0.4 is 5.46 Å². The first-order valence-corrected chi connectivity index (χ1v) is 12.8. The van der Waals surface area contributed by atoms with Crippen molar-refractivity contribution in [2.24, 2.45) is 0 Å². The Labute approximate surface area is 163 Å². The highest BCUT2D eigenvalue weighted by molar-refractivity contribution is 6.74. The highest BCUT2D eigenvalue weighted by Crippen LogP contribution is 2.37. The van der Waals surface area contributed by atoms with E-state index < -0.39 is 8.32 Å². The fraction of sp³-hybridized carbons (Fsp3) is 0.714. The molecule has 0 amide bonds. The van der Waals surface area contributed by atoms with Crippen molar-refractivity contribution in [1.82, 2.24) is 0 Å². The van der Waals surface area contributed by atoms with Crippen LogP contribution in [0.15, 0.2) is 24.3 Å². The Bertz CT molecular complexity index is 525. The SMILES string of the molecule is CC(C)OB(OC(C)C)c1ccc(CC(C)O[Si](C)(C)C(C)(C)C)cc1. The minimum atomic E-state index is -1.73. The van der Waals surface area contributed by atoms with Crippen molar-refractivity contribution in [2.45, 2.75) is 98.3 Å². The molecule has 0 saturated carbocycles. The molecule has 0 radical (unpaired) electrons. The summed E-state index contributed by atoms with van der Waals surface area (Å²) in [6.07, 6.45) is 1.39. The summed E-state index contributed by atoms with van der Waals surface area (Å²) in [6.45, 7) is 21.8. The lowest BCUT2D eigenvalue weighted by molar-refractivity contribution is 0.139. The first-order valence-electron chi connectivity index (χ1n) is 9.89. The van der Waals surface area contributed by atoms with Crippen molar-refractivity contribution < 1.29 is 13.7 Å². The molecule has 0 aliphatic rings.